The minimum absolute atomic E-state index is 0.0850. The van der Waals surface area contributed by atoms with Gasteiger partial charge < -0.3 is 15.7 Å². The van der Waals surface area contributed by atoms with Crippen LogP contribution in [-0.2, 0) is 4.79 Å². The summed E-state index contributed by atoms with van der Waals surface area (Å²) in [6, 6.07) is -0.259. The molecule has 0 heterocycles. The Hall–Kier alpha value is -1.26. The van der Waals surface area contributed by atoms with Crippen LogP contribution in [0.3, 0.4) is 0 Å². The molecule has 3 N–H and O–H groups in total. The average Bonchev–Trinajstić information content (AvgIpc) is 2.58. The Morgan fingerprint density at radius 2 is 2.05 bits per heavy atom. The molecular weight excluding hydrogens is 244 g/mol. The summed E-state index contributed by atoms with van der Waals surface area (Å²) in [7, 11) is 0. The standard InChI is InChI=1S/C14H26N2O3/c1-5-8-14(4,11(17)18)16-12(19)15-10-7-6-9-13(10,2)3/h10H,5-9H2,1-4H3,(H,17,18)(H2,15,16,19). The lowest BCUT2D eigenvalue weighted by Gasteiger charge is -2.31. The summed E-state index contributed by atoms with van der Waals surface area (Å²) < 4.78 is 0. The highest BCUT2D eigenvalue weighted by molar-refractivity contribution is 5.86. The number of aliphatic carboxylic acids is 1. The van der Waals surface area contributed by atoms with Crippen LogP contribution < -0.4 is 10.6 Å². The van der Waals surface area contributed by atoms with Crippen molar-refractivity contribution in [1.29, 1.82) is 0 Å². The van der Waals surface area contributed by atoms with Crippen molar-refractivity contribution in [2.45, 2.75) is 71.4 Å². The van der Waals surface area contributed by atoms with E-state index in [1.54, 1.807) is 6.92 Å². The van der Waals surface area contributed by atoms with Gasteiger partial charge in [-0.05, 0) is 31.6 Å². The zero-order valence-corrected chi connectivity index (χ0v) is 12.4. The van der Waals surface area contributed by atoms with Crippen LogP contribution in [0, 0.1) is 5.41 Å². The molecule has 1 aliphatic rings. The number of rotatable bonds is 5. The number of carbonyl (C=O) groups is 2. The third kappa shape index (κ3) is 3.85. The van der Waals surface area contributed by atoms with Crippen LogP contribution in [0.1, 0.15) is 59.8 Å². The fraction of sp³-hybridized carbons (Fsp3) is 0.857. The van der Waals surface area contributed by atoms with Gasteiger partial charge in [0, 0.05) is 6.04 Å². The second-order valence-electron chi connectivity index (χ2n) is 6.42. The molecule has 0 aromatic rings. The highest BCUT2D eigenvalue weighted by atomic mass is 16.4. The minimum atomic E-state index is -1.19. The van der Waals surface area contributed by atoms with E-state index in [1.807, 2.05) is 6.92 Å². The highest BCUT2D eigenvalue weighted by Crippen LogP contribution is 2.37. The molecule has 0 saturated heterocycles. The molecule has 0 radical (unpaired) electrons. The fourth-order valence-electron chi connectivity index (χ4n) is 2.76. The normalized spacial score (nSPS) is 24.5. The maximum absolute atomic E-state index is 12.0. The molecule has 5 nitrogen and oxygen atoms in total. The van der Waals surface area contributed by atoms with Gasteiger partial charge in [0.15, 0.2) is 0 Å². The molecule has 0 aromatic heterocycles. The molecular formula is C14H26N2O3. The topological polar surface area (TPSA) is 78.4 Å². The van der Waals surface area contributed by atoms with E-state index in [-0.39, 0.29) is 17.5 Å². The lowest BCUT2D eigenvalue weighted by Crippen LogP contribution is -2.57. The largest absolute Gasteiger partial charge is 0.480 e. The quantitative estimate of drug-likeness (QED) is 0.718. The van der Waals surface area contributed by atoms with Crippen molar-refractivity contribution in [3.63, 3.8) is 0 Å². The molecule has 2 amide bonds. The summed E-state index contributed by atoms with van der Waals surface area (Å²) in [5.41, 5.74) is -1.11. The fourth-order valence-corrected chi connectivity index (χ4v) is 2.76. The van der Waals surface area contributed by atoms with Gasteiger partial charge in [-0.25, -0.2) is 9.59 Å². The molecule has 19 heavy (non-hydrogen) atoms. The van der Waals surface area contributed by atoms with Gasteiger partial charge in [-0.3, -0.25) is 0 Å². The third-order valence-electron chi connectivity index (χ3n) is 4.17. The Labute approximate surface area is 115 Å². The Kier molecular flexibility index (Phi) is 4.82. The SMILES string of the molecule is CCCC(C)(NC(=O)NC1CCCC1(C)C)C(=O)O. The van der Waals surface area contributed by atoms with E-state index in [1.165, 1.54) is 0 Å². The molecule has 0 aliphatic heterocycles. The van der Waals surface area contributed by atoms with E-state index in [2.05, 4.69) is 24.5 Å². The lowest BCUT2D eigenvalue weighted by molar-refractivity contribution is -0.144. The van der Waals surface area contributed by atoms with Crippen LogP contribution >= 0.6 is 0 Å². The Bertz CT molecular complexity index is 355. The van der Waals surface area contributed by atoms with Gasteiger partial charge in [-0.1, -0.05) is 33.6 Å². The number of carbonyl (C=O) groups excluding carboxylic acids is 1. The molecule has 1 fully saturated rings. The van der Waals surface area contributed by atoms with Crippen molar-refractivity contribution in [3.8, 4) is 0 Å². The first-order valence-corrected chi connectivity index (χ1v) is 7.03. The van der Waals surface area contributed by atoms with Crippen molar-refractivity contribution >= 4 is 12.0 Å². The molecule has 0 spiro atoms. The molecule has 5 heteroatoms. The number of hydrogen-bond donors (Lipinski definition) is 3. The zero-order valence-electron chi connectivity index (χ0n) is 12.4. The first kappa shape index (κ1) is 15.8. The summed E-state index contributed by atoms with van der Waals surface area (Å²) in [5.74, 6) is -0.991. The first-order valence-electron chi connectivity index (χ1n) is 7.03. The Morgan fingerprint density at radius 3 is 2.47 bits per heavy atom. The summed E-state index contributed by atoms with van der Waals surface area (Å²) in [6.07, 6.45) is 4.27. The molecule has 0 aromatic carbocycles. The van der Waals surface area contributed by atoms with Crippen LogP contribution in [0.5, 0.6) is 0 Å². The van der Waals surface area contributed by atoms with Gasteiger partial charge >= 0.3 is 12.0 Å². The minimum Gasteiger partial charge on any atom is -0.480 e. The van der Waals surface area contributed by atoms with Gasteiger partial charge in [-0.15, -0.1) is 0 Å². The van der Waals surface area contributed by atoms with Crippen molar-refractivity contribution in [1.82, 2.24) is 10.6 Å². The number of amides is 2. The van der Waals surface area contributed by atoms with Gasteiger partial charge in [0.25, 0.3) is 0 Å². The van der Waals surface area contributed by atoms with Gasteiger partial charge in [0.2, 0.25) is 0 Å². The number of carboxylic acid groups (broad SMARTS) is 1. The molecule has 2 unspecified atom stereocenters. The Balaban J connectivity index is 2.61. The van der Waals surface area contributed by atoms with Crippen molar-refractivity contribution in [3.05, 3.63) is 0 Å². The van der Waals surface area contributed by atoms with Crippen LogP contribution in [0.15, 0.2) is 0 Å². The van der Waals surface area contributed by atoms with Crippen molar-refractivity contribution in [2.75, 3.05) is 0 Å². The number of hydrogen-bond acceptors (Lipinski definition) is 2. The zero-order chi connectivity index (χ0) is 14.7. The van der Waals surface area contributed by atoms with E-state index >= 15 is 0 Å². The Morgan fingerprint density at radius 1 is 1.42 bits per heavy atom. The summed E-state index contributed by atoms with van der Waals surface area (Å²) in [4.78, 5) is 23.3. The average molecular weight is 270 g/mol. The first-order chi connectivity index (χ1) is 8.71. The smallest absolute Gasteiger partial charge is 0.329 e. The predicted octanol–water partition coefficient (Wildman–Crippen LogP) is 2.51. The molecule has 2 atom stereocenters. The highest BCUT2D eigenvalue weighted by Gasteiger charge is 2.38. The lowest BCUT2D eigenvalue weighted by atomic mass is 9.87. The second-order valence-corrected chi connectivity index (χ2v) is 6.42. The molecule has 110 valence electrons. The summed E-state index contributed by atoms with van der Waals surface area (Å²) in [6.45, 7) is 7.72. The molecule has 0 bridgehead atoms. The molecule has 1 rings (SSSR count). The summed E-state index contributed by atoms with van der Waals surface area (Å²) >= 11 is 0. The number of nitrogens with one attached hydrogen (secondary N) is 2. The summed E-state index contributed by atoms with van der Waals surface area (Å²) in [5, 5.41) is 14.8. The van der Waals surface area contributed by atoms with E-state index < -0.39 is 11.5 Å². The predicted molar refractivity (Wildman–Crippen MR) is 74.0 cm³/mol. The monoisotopic (exact) mass is 270 g/mol. The van der Waals surface area contributed by atoms with Crippen LogP contribution in [0.4, 0.5) is 4.79 Å². The number of urea groups is 1. The van der Waals surface area contributed by atoms with Crippen molar-refractivity contribution in [2.24, 2.45) is 5.41 Å². The number of carboxylic acids is 1. The van der Waals surface area contributed by atoms with E-state index in [0.717, 1.165) is 19.3 Å². The van der Waals surface area contributed by atoms with Crippen LogP contribution in [-0.4, -0.2) is 28.7 Å². The van der Waals surface area contributed by atoms with E-state index in [0.29, 0.717) is 12.8 Å². The van der Waals surface area contributed by atoms with Crippen molar-refractivity contribution < 1.29 is 14.7 Å². The van der Waals surface area contributed by atoms with Gasteiger partial charge in [-0.2, -0.15) is 0 Å². The maximum atomic E-state index is 12.0. The molecule has 1 aliphatic carbocycles. The van der Waals surface area contributed by atoms with Crippen LogP contribution in [0.25, 0.3) is 0 Å². The maximum Gasteiger partial charge on any atom is 0.329 e. The van der Waals surface area contributed by atoms with Gasteiger partial charge in [0.1, 0.15) is 5.54 Å². The third-order valence-corrected chi connectivity index (χ3v) is 4.17. The van der Waals surface area contributed by atoms with E-state index in [9.17, 15) is 14.7 Å². The molecule has 1 saturated carbocycles. The second kappa shape index (κ2) is 5.80. The van der Waals surface area contributed by atoms with Crippen LogP contribution in [0.2, 0.25) is 0 Å². The van der Waals surface area contributed by atoms with Gasteiger partial charge in [0.05, 0.1) is 0 Å². The van der Waals surface area contributed by atoms with E-state index in [4.69, 9.17) is 0 Å².